The quantitative estimate of drug-likeness (QED) is 0.375. The van der Waals surface area contributed by atoms with Gasteiger partial charge in [0.25, 0.3) is 5.91 Å². The maximum absolute atomic E-state index is 13.4. The highest BCUT2D eigenvalue weighted by molar-refractivity contribution is 7.14. The van der Waals surface area contributed by atoms with Crippen molar-refractivity contribution >= 4 is 34.1 Å². The molecule has 31 heavy (non-hydrogen) atoms. The smallest absolute Gasteiger partial charge is 0.257 e. The number of carbonyl (C=O) groups is 1. The zero-order valence-corrected chi connectivity index (χ0v) is 18.9. The van der Waals surface area contributed by atoms with E-state index in [1.807, 2.05) is 50.7 Å². The van der Waals surface area contributed by atoms with Gasteiger partial charge in [0.2, 0.25) is 0 Å². The maximum Gasteiger partial charge on any atom is 0.257 e. The van der Waals surface area contributed by atoms with Crippen LogP contribution in [-0.2, 0) is 11.8 Å². The van der Waals surface area contributed by atoms with Gasteiger partial charge in [-0.15, -0.1) is 11.3 Å². The van der Waals surface area contributed by atoms with Gasteiger partial charge in [-0.1, -0.05) is 42.0 Å². The molecule has 6 heteroatoms. The number of aryl methyl sites for hydroxylation is 4. The third-order valence-electron chi connectivity index (χ3n) is 5.00. The number of amides is 1. The largest absolute Gasteiger partial charge is 0.275 e. The number of carbonyl (C=O) groups excluding carboxylic acids is 1. The lowest BCUT2D eigenvalue weighted by molar-refractivity contribution is -0.113. The van der Waals surface area contributed by atoms with Crippen molar-refractivity contribution in [2.75, 3.05) is 4.90 Å². The van der Waals surface area contributed by atoms with E-state index in [0.717, 1.165) is 33.6 Å². The molecule has 0 aliphatic heterocycles. The number of benzene rings is 2. The maximum atomic E-state index is 13.4. The first-order valence-electron chi connectivity index (χ1n) is 10.0. The molecule has 0 fully saturated rings. The predicted octanol–water partition coefficient (Wildman–Crippen LogP) is 5.85. The summed E-state index contributed by atoms with van der Waals surface area (Å²) in [5, 5.41) is 6.79. The minimum atomic E-state index is -0.151. The molecular formula is C25H24N4OS. The van der Waals surface area contributed by atoms with Crippen molar-refractivity contribution < 1.29 is 4.79 Å². The van der Waals surface area contributed by atoms with Crippen molar-refractivity contribution in [2.24, 2.45) is 7.05 Å². The second-order valence-corrected chi connectivity index (χ2v) is 8.46. The molecule has 0 aliphatic carbocycles. The number of thiazole rings is 1. The van der Waals surface area contributed by atoms with E-state index in [0.29, 0.717) is 5.13 Å². The molecule has 4 rings (SSSR count). The fourth-order valence-electron chi connectivity index (χ4n) is 3.27. The normalized spacial score (nSPS) is 11.2. The average molecular weight is 429 g/mol. The molecule has 0 N–H and O–H groups in total. The molecule has 0 radical (unpaired) electrons. The van der Waals surface area contributed by atoms with Crippen LogP contribution in [0.4, 0.5) is 10.8 Å². The summed E-state index contributed by atoms with van der Waals surface area (Å²) in [5.41, 5.74) is 6.91. The first-order chi connectivity index (χ1) is 14.9. The van der Waals surface area contributed by atoms with Gasteiger partial charge in [-0.05, 0) is 44.0 Å². The highest BCUT2D eigenvalue weighted by atomic mass is 32.1. The number of aromatic nitrogens is 3. The van der Waals surface area contributed by atoms with Gasteiger partial charge >= 0.3 is 0 Å². The molecule has 2 aromatic heterocycles. The standard InChI is InChI=1S/C25H24N4OS/c1-17-6-10-21(11-7-17)22-16-31-25(27-22)29(23-13-18(2)5-8-19(23)3)24(30)12-9-20-14-26-28(4)15-20/h5-16H,1-4H3/b12-9+. The Bertz CT molecular complexity index is 1250. The first-order valence-corrected chi connectivity index (χ1v) is 10.9. The van der Waals surface area contributed by atoms with Crippen LogP contribution in [0.15, 0.2) is 66.3 Å². The van der Waals surface area contributed by atoms with E-state index >= 15 is 0 Å². The zero-order chi connectivity index (χ0) is 22.0. The van der Waals surface area contributed by atoms with E-state index in [1.165, 1.54) is 16.9 Å². The van der Waals surface area contributed by atoms with Gasteiger partial charge in [-0.3, -0.25) is 14.4 Å². The van der Waals surface area contributed by atoms with Crippen LogP contribution < -0.4 is 4.90 Å². The molecular weight excluding hydrogens is 404 g/mol. The third-order valence-corrected chi connectivity index (χ3v) is 5.83. The van der Waals surface area contributed by atoms with E-state index < -0.39 is 0 Å². The fourth-order valence-corrected chi connectivity index (χ4v) is 4.12. The van der Waals surface area contributed by atoms with Crippen molar-refractivity contribution in [1.82, 2.24) is 14.8 Å². The van der Waals surface area contributed by atoms with E-state index in [9.17, 15) is 4.79 Å². The topological polar surface area (TPSA) is 51.0 Å². The van der Waals surface area contributed by atoms with Crippen LogP contribution >= 0.6 is 11.3 Å². The van der Waals surface area contributed by atoms with Crippen molar-refractivity contribution in [2.45, 2.75) is 20.8 Å². The summed E-state index contributed by atoms with van der Waals surface area (Å²) in [6.45, 7) is 6.09. The second kappa shape index (κ2) is 8.70. The minimum absolute atomic E-state index is 0.151. The molecule has 1 amide bonds. The zero-order valence-electron chi connectivity index (χ0n) is 18.0. The molecule has 156 valence electrons. The van der Waals surface area contributed by atoms with E-state index in [-0.39, 0.29) is 5.91 Å². The van der Waals surface area contributed by atoms with Crippen LogP contribution in [0.2, 0.25) is 0 Å². The summed E-state index contributed by atoms with van der Waals surface area (Å²) in [4.78, 5) is 19.9. The van der Waals surface area contributed by atoms with E-state index in [4.69, 9.17) is 4.98 Å². The van der Waals surface area contributed by atoms with E-state index in [2.05, 4.69) is 36.3 Å². The van der Waals surface area contributed by atoms with Gasteiger partial charge in [0.05, 0.1) is 17.6 Å². The minimum Gasteiger partial charge on any atom is -0.275 e. The van der Waals surface area contributed by atoms with Crippen LogP contribution in [0.25, 0.3) is 17.3 Å². The monoisotopic (exact) mass is 428 g/mol. The van der Waals surface area contributed by atoms with Crippen LogP contribution in [0.1, 0.15) is 22.3 Å². The summed E-state index contributed by atoms with van der Waals surface area (Å²) in [6, 6.07) is 14.4. The van der Waals surface area contributed by atoms with Crippen LogP contribution in [-0.4, -0.2) is 20.7 Å². The van der Waals surface area contributed by atoms with Gasteiger partial charge in [-0.25, -0.2) is 4.98 Å². The molecule has 2 heterocycles. The van der Waals surface area contributed by atoms with Crippen LogP contribution in [0.3, 0.4) is 0 Å². The molecule has 0 unspecified atom stereocenters. The summed E-state index contributed by atoms with van der Waals surface area (Å²) in [6.07, 6.45) is 6.95. The lowest BCUT2D eigenvalue weighted by Gasteiger charge is -2.21. The van der Waals surface area contributed by atoms with Gasteiger partial charge in [-0.2, -0.15) is 5.10 Å². The van der Waals surface area contributed by atoms with Gasteiger partial charge in [0.1, 0.15) is 0 Å². The number of nitrogens with zero attached hydrogens (tertiary/aromatic N) is 4. The summed E-state index contributed by atoms with van der Waals surface area (Å²) in [5.74, 6) is -0.151. The van der Waals surface area contributed by atoms with Crippen LogP contribution in [0.5, 0.6) is 0 Å². The molecule has 0 aliphatic rings. The predicted molar refractivity (Wildman–Crippen MR) is 128 cm³/mol. The molecule has 4 aromatic rings. The number of rotatable bonds is 5. The number of hydrogen-bond donors (Lipinski definition) is 0. The Morgan fingerprint density at radius 1 is 1.06 bits per heavy atom. The SMILES string of the molecule is Cc1ccc(-c2csc(N(C(=O)/C=C/c3cnn(C)c3)c3cc(C)ccc3C)n2)cc1. The molecule has 0 saturated heterocycles. The van der Waals surface area contributed by atoms with Crippen molar-refractivity contribution in [3.8, 4) is 11.3 Å². The Morgan fingerprint density at radius 2 is 1.81 bits per heavy atom. The van der Waals surface area contributed by atoms with E-state index in [1.54, 1.807) is 27.9 Å². The van der Waals surface area contributed by atoms with Crippen molar-refractivity contribution in [3.05, 3.63) is 88.6 Å². The lowest BCUT2D eigenvalue weighted by atomic mass is 10.1. The Morgan fingerprint density at radius 3 is 2.52 bits per heavy atom. The summed E-state index contributed by atoms with van der Waals surface area (Å²) >= 11 is 1.46. The second-order valence-electron chi connectivity index (χ2n) is 7.63. The highest BCUT2D eigenvalue weighted by Crippen LogP contribution is 2.34. The van der Waals surface area contributed by atoms with Gasteiger partial charge in [0, 0.05) is 35.8 Å². The summed E-state index contributed by atoms with van der Waals surface area (Å²) in [7, 11) is 1.85. The van der Waals surface area contributed by atoms with Gasteiger partial charge in [0.15, 0.2) is 5.13 Å². The van der Waals surface area contributed by atoms with Crippen molar-refractivity contribution in [3.63, 3.8) is 0 Å². The lowest BCUT2D eigenvalue weighted by Crippen LogP contribution is -2.24. The molecule has 2 aromatic carbocycles. The van der Waals surface area contributed by atoms with Gasteiger partial charge < -0.3 is 0 Å². The summed E-state index contributed by atoms with van der Waals surface area (Å²) < 4.78 is 1.71. The Labute approximate surface area is 186 Å². The molecule has 0 atom stereocenters. The Balaban J connectivity index is 1.74. The first kappa shape index (κ1) is 20.8. The third kappa shape index (κ3) is 4.64. The Hall–Kier alpha value is -3.51. The fraction of sp³-hybridized carbons (Fsp3) is 0.160. The molecule has 0 spiro atoms. The average Bonchev–Trinajstić information content (AvgIpc) is 3.39. The Kier molecular flexibility index (Phi) is 5.82. The van der Waals surface area contributed by atoms with Crippen molar-refractivity contribution in [1.29, 1.82) is 0 Å². The number of hydrogen-bond acceptors (Lipinski definition) is 4. The molecule has 0 saturated carbocycles. The molecule has 5 nitrogen and oxygen atoms in total. The number of anilines is 2. The highest BCUT2D eigenvalue weighted by Gasteiger charge is 2.21. The van der Waals surface area contributed by atoms with Crippen LogP contribution in [0, 0.1) is 20.8 Å². The molecule has 0 bridgehead atoms.